The second-order valence-corrected chi connectivity index (χ2v) is 5.36. The highest BCUT2D eigenvalue weighted by Crippen LogP contribution is 2.17. The number of aliphatic imine (C=N–C) groups is 1. The van der Waals surface area contributed by atoms with Gasteiger partial charge in [-0.2, -0.15) is 0 Å². The SMILES string of the molecule is CC1CSC(=NC2CCCN(C)C2)N1. The molecule has 2 fully saturated rings. The van der Waals surface area contributed by atoms with Crippen molar-refractivity contribution in [2.75, 3.05) is 25.9 Å². The van der Waals surface area contributed by atoms with Gasteiger partial charge in [0.15, 0.2) is 5.17 Å². The van der Waals surface area contributed by atoms with Crippen LogP contribution in [0.15, 0.2) is 4.99 Å². The van der Waals surface area contributed by atoms with Gasteiger partial charge in [-0.05, 0) is 33.4 Å². The van der Waals surface area contributed by atoms with Gasteiger partial charge in [0.25, 0.3) is 0 Å². The molecule has 4 heteroatoms. The van der Waals surface area contributed by atoms with Crippen LogP contribution in [0.2, 0.25) is 0 Å². The molecule has 2 aliphatic heterocycles. The smallest absolute Gasteiger partial charge is 0.157 e. The summed E-state index contributed by atoms with van der Waals surface area (Å²) in [5.74, 6) is 1.17. The quantitative estimate of drug-likeness (QED) is 0.708. The van der Waals surface area contributed by atoms with Crippen LogP contribution in [-0.2, 0) is 0 Å². The average molecular weight is 213 g/mol. The highest BCUT2D eigenvalue weighted by Gasteiger charge is 2.20. The molecular formula is C10H19N3S. The van der Waals surface area contributed by atoms with Crippen molar-refractivity contribution in [3.63, 3.8) is 0 Å². The Kier molecular flexibility index (Phi) is 3.34. The van der Waals surface area contributed by atoms with Gasteiger partial charge in [0.2, 0.25) is 0 Å². The van der Waals surface area contributed by atoms with E-state index in [1.54, 1.807) is 0 Å². The number of amidine groups is 1. The first-order chi connectivity index (χ1) is 6.74. The molecule has 0 spiro atoms. The average Bonchev–Trinajstić information content (AvgIpc) is 2.51. The molecule has 2 atom stereocenters. The standard InChI is InChI=1S/C10H19N3S/c1-8-7-14-10(11-8)12-9-4-3-5-13(2)6-9/h8-9H,3-7H2,1-2H3,(H,11,12). The summed E-state index contributed by atoms with van der Waals surface area (Å²) in [7, 11) is 2.18. The summed E-state index contributed by atoms with van der Waals surface area (Å²) in [6.07, 6.45) is 2.54. The fourth-order valence-corrected chi connectivity index (χ4v) is 2.98. The van der Waals surface area contributed by atoms with Crippen molar-refractivity contribution in [3.05, 3.63) is 0 Å². The molecule has 0 saturated carbocycles. The van der Waals surface area contributed by atoms with Gasteiger partial charge in [-0.1, -0.05) is 11.8 Å². The van der Waals surface area contributed by atoms with Gasteiger partial charge in [0.05, 0.1) is 6.04 Å². The largest absolute Gasteiger partial charge is 0.362 e. The number of likely N-dealkylation sites (tertiary alicyclic amines) is 1. The van der Waals surface area contributed by atoms with Crippen LogP contribution in [0.5, 0.6) is 0 Å². The third kappa shape index (κ3) is 2.64. The molecule has 0 amide bonds. The summed E-state index contributed by atoms with van der Waals surface area (Å²) in [6.45, 7) is 4.57. The molecular weight excluding hydrogens is 194 g/mol. The van der Waals surface area contributed by atoms with Gasteiger partial charge >= 0.3 is 0 Å². The van der Waals surface area contributed by atoms with Crippen LogP contribution in [0.3, 0.4) is 0 Å². The lowest BCUT2D eigenvalue weighted by molar-refractivity contribution is 0.253. The number of piperidine rings is 1. The lowest BCUT2D eigenvalue weighted by Crippen LogP contribution is -2.35. The van der Waals surface area contributed by atoms with Crippen molar-refractivity contribution in [3.8, 4) is 0 Å². The Hall–Kier alpha value is -0.220. The van der Waals surface area contributed by atoms with E-state index in [1.165, 1.54) is 25.1 Å². The first-order valence-electron chi connectivity index (χ1n) is 5.40. The number of rotatable bonds is 1. The highest BCUT2D eigenvalue weighted by atomic mass is 32.2. The molecule has 14 heavy (non-hydrogen) atoms. The van der Waals surface area contributed by atoms with Crippen molar-refractivity contribution in [1.29, 1.82) is 0 Å². The molecule has 2 aliphatic rings. The summed E-state index contributed by atoms with van der Waals surface area (Å²) in [6, 6.07) is 1.12. The summed E-state index contributed by atoms with van der Waals surface area (Å²) in [4.78, 5) is 7.14. The van der Waals surface area contributed by atoms with E-state index in [2.05, 4.69) is 24.2 Å². The molecule has 0 aliphatic carbocycles. The second kappa shape index (κ2) is 4.53. The fourth-order valence-electron chi connectivity index (χ4n) is 1.98. The monoisotopic (exact) mass is 213 g/mol. The minimum atomic E-state index is 0.522. The van der Waals surface area contributed by atoms with Gasteiger partial charge in [-0.25, -0.2) is 0 Å². The lowest BCUT2D eigenvalue weighted by Gasteiger charge is -2.27. The van der Waals surface area contributed by atoms with E-state index in [0.717, 1.165) is 11.7 Å². The topological polar surface area (TPSA) is 27.6 Å². The minimum absolute atomic E-state index is 0.522. The molecule has 0 bridgehead atoms. The predicted octanol–water partition coefficient (Wildman–Crippen LogP) is 1.16. The number of hydrogen-bond acceptors (Lipinski definition) is 3. The number of hydrogen-bond donors (Lipinski definition) is 1. The Morgan fingerprint density at radius 2 is 2.43 bits per heavy atom. The molecule has 3 nitrogen and oxygen atoms in total. The molecule has 0 radical (unpaired) electrons. The fraction of sp³-hybridized carbons (Fsp3) is 0.900. The van der Waals surface area contributed by atoms with Gasteiger partial charge in [0.1, 0.15) is 0 Å². The van der Waals surface area contributed by atoms with E-state index < -0.39 is 0 Å². The predicted molar refractivity (Wildman–Crippen MR) is 63.0 cm³/mol. The number of thioether (sulfide) groups is 1. The van der Waals surface area contributed by atoms with Crippen molar-refractivity contribution in [1.82, 2.24) is 10.2 Å². The third-order valence-corrected chi connectivity index (χ3v) is 3.90. The Balaban J connectivity index is 1.89. The van der Waals surface area contributed by atoms with Crippen LogP contribution in [0, 0.1) is 0 Å². The zero-order chi connectivity index (χ0) is 9.97. The maximum atomic E-state index is 4.76. The first kappa shape index (κ1) is 10.3. The van der Waals surface area contributed by atoms with Crippen LogP contribution < -0.4 is 5.32 Å². The van der Waals surface area contributed by atoms with Crippen molar-refractivity contribution in [2.45, 2.75) is 31.8 Å². The van der Waals surface area contributed by atoms with Gasteiger partial charge in [-0.3, -0.25) is 4.99 Å². The maximum absolute atomic E-state index is 4.76. The van der Waals surface area contributed by atoms with Crippen LogP contribution in [0.25, 0.3) is 0 Å². The summed E-state index contributed by atoms with van der Waals surface area (Å²) < 4.78 is 0. The molecule has 0 aromatic rings. The second-order valence-electron chi connectivity index (χ2n) is 4.35. The zero-order valence-corrected chi connectivity index (χ0v) is 9.81. The van der Waals surface area contributed by atoms with E-state index in [9.17, 15) is 0 Å². The normalized spacial score (nSPS) is 37.4. The molecule has 0 aromatic carbocycles. The highest BCUT2D eigenvalue weighted by molar-refractivity contribution is 8.14. The van der Waals surface area contributed by atoms with E-state index in [0.29, 0.717) is 12.1 Å². The Morgan fingerprint density at radius 3 is 3.07 bits per heavy atom. The van der Waals surface area contributed by atoms with Crippen LogP contribution in [0.4, 0.5) is 0 Å². The summed E-state index contributed by atoms with van der Waals surface area (Å²) in [5.41, 5.74) is 0. The number of nitrogens with zero attached hydrogens (tertiary/aromatic N) is 2. The Bertz CT molecular complexity index is 229. The van der Waals surface area contributed by atoms with Crippen molar-refractivity contribution < 1.29 is 0 Å². The lowest BCUT2D eigenvalue weighted by atomic mass is 10.1. The van der Waals surface area contributed by atoms with Gasteiger partial charge < -0.3 is 10.2 Å². The van der Waals surface area contributed by atoms with E-state index >= 15 is 0 Å². The van der Waals surface area contributed by atoms with E-state index in [1.807, 2.05) is 11.8 Å². The number of likely N-dealkylation sites (N-methyl/N-ethyl adjacent to an activating group) is 1. The van der Waals surface area contributed by atoms with Crippen LogP contribution in [0.1, 0.15) is 19.8 Å². The van der Waals surface area contributed by atoms with Gasteiger partial charge in [-0.15, -0.1) is 0 Å². The molecule has 2 saturated heterocycles. The molecule has 2 rings (SSSR count). The summed E-state index contributed by atoms with van der Waals surface area (Å²) >= 11 is 1.87. The van der Waals surface area contributed by atoms with E-state index in [4.69, 9.17) is 4.99 Å². The molecule has 1 N–H and O–H groups in total. The molecule has 2 heterocycles. The zero-order valence-electron chi connectivity index (χ0n) is 8.99. The number of nitrogens with one attached hydrogen (secondary N) is 1. The Labute approximate surface area is 90.3 Å². The molecule has 80 valence electrons. The first-order valence-corrected chi connectivity index (χ1v) is 6.38. The third-order valence-electron chi connectivity index (χ3n) is 2.74. The maximum Gasteiger partial charge on any atom is 0.157 e. The molecule has 2 unspecified atom stereocenters. The minimum Gasteiger partial charge on any atom is -0.362 e. The van der Waals surface area contributed by atoms with Gasteiger partial charge in [0, 0.05) is 18.3 Å². The van der Waals surface area contributed by atoms with Crippen molar-refractivity contribution in [2.24, 2.45) is 4.99 Å². The van der Waals surface area contributed by atoms with Crippen LogP contribution in [-0.4, -0.2) is 48.0 Å². The van der Waals surface area contributed by atoms with Crippen LogP contribution >= 0.6 is 11.8 Å². The van der Waals surface area contributed by atoms with Crippen molar-refractivity contribution >= 4 is 16.9 Å². The molecule has 0 aromatic heterocycles. The Morgan fingerprint density at radius 1 is 1.57 bits per heavy atom. The van der Waals surface area contributed by atoms with E-state index in [-0.39, 0.29) is 0 Å². The summed E-state index contributed by atoms with van der Waals surface area (Å²) in [5, 5.41) is 4.58.